The highest BCUT2D eigenvalue weighted by Crippen LogP contribution is 2.39. The van der Waals surface area contributed by atoms with Crippen LogP contribution in [0.5, 0.6) is 0 Å². The molecule has 1 aliphatic heterocycles. The molecule has 7 rings (SSSR count). The minimum absolute atomic E-state index is 0.310. The second kappa shape index (κ2) is 5.46. The number of imidazole rings is 1. The van der Waals surface area contributed by atoms with Crippen LogP contribution in [-0.2, 0) is 0 Å². The molecular formula is C22H9N5O3S. The quantitative estimate of drug-likeness (QED) is 0.377. The SMILES string of the molecule is O=C1c2ccc3c(=O)n4c5nccnc5nc4c4ccc(c2c34)C(=O)N1c1cccs1. The fourth-order valence-corrected chi connectivity index (χ4v) is 5.18. The van der Waals surface area contributed by atoms with E-state index in [0.717, 1.165) is 0 Å². The lowest BCUT2D eigenvalue weighted by Gasteiger charge is -2.26. The Morgan fingerprint density at radius 2 is 1.52 bits per heavy atom. The van der Waals surface area contributed by atoms with Gasteiger partial charge in [-0.2, -0.15) is 0 Å². The zero-order valence-corrected chi connectivity index (χ0v) is 16.4. The molecule has 0 bridgehead atoms. The molecule has 0 fully saturated rings. The van der Waals surface area contributed by atoms with Gasteiger partial charge in [0.05, 0.1) is 0 Å². The predicted octanol–water partition coefficient (Wildman–Crippen LogP) is 3.24. The molecule has 9 heteroatoms. The Morgan fingerprint density at radius 1 is 0.774 bits per heavy atom. The van der Waals surface area contributed by atoms with Crippen LogP contribution in [0.25, 0.3) is 38.5 Å². The number of thiophene rings is 1. The molecule has 4 aromatic heterocycles. The molecule has 0 aliphatic carbocycles. The van der Waals surface area contributed by atoms with E-state index in [9.17, 15) is 14.4 Å². The largest absolute Gasteiger partial charge is 0.268 e. The van der Waals surface area contributed by atoms with Crippen molar-refractivity contribution in [1.29, 1.82) is 0 Å². The van der Waals surface area contributed by atoms with Crippen molar-refractivity contribution < 1.29 is 9.59 Å². The first-order chi connectivity index (χ1) is 15.1. The molecule has 0 atom stereocenters. The van der Waals surface area contributed by atoms with Gasteiger partial charge in [0.1, 0.15) is 5.00 Å². The first-order valence-electron chi connectivity index (χ1n) is 9.41. The number of pyridine rings is 1. The van der Waals surface area contributed by atoms with Gasteiger partial charge in [0, 0.05) is 45.1 Å². The molecule has 0 saturated carbocycles. The van der Waals surface area contributed by atoms with Gasteiger partial charge in [0.15, 0.2) is 16.9 Å². The van der Waals surface area contributed by atoms with Crippen LogP contribution in [0.3, 0.4) is 0 Å². The number of carbonyl (C=O) groups excluding carboxylic acids is 2. The lowest BCUT2D eigenvalue weighted by Crippen LogP contribution is -2.40. The summed E-state index contributed by atoms with van der Waals surface area (Å²) in [6.07, 6.45) is 3.03. The monoisotopic (exact) mass is 423 g/mol. The summed E-state index contributed by atoms with van der Waals surface area (Å²) in [5.74, 6) is -0.808. The molecule has 31 heavy (non-hydrogen) atoms. The summed E-state index contributed by atoms with van der Waals surface area (Å²) >= 11 is 1.32. The van der Waals surface area contributed by atoms with E-state index in [2.05, 4.69) is 15.0 Å². The Labute approximate surface area is 176 Å². The molecule has 0 spiro atoms. The van der Waals surface area contributed by atoms with E-state index in [4.69, 9.17) is 0 Å². The Morgan fingerprint density at radius 3 is 2.26 bits per heavy atom. The van der Waals surface area contributed by atoms with Gasteiger partial charge in [0.2, 0.25) is 0 Å². The number of fused-ring (bicyclic) bond motifs is 4. The maximum atomic E-state index is 13.4. The summed E-state index contributed by atoms with van der Waals surface area (Å²) in [5, 5.41) is 4.50. The number of hydrogen-bond donors (Lipinski definition) is 0. The smallest absolute Gasteiger partial charge is 0.266 e. The molecule has 2 aromatic carbocycles. The standard InChI is InChI=1S/C22H9N5O3S/c28-20-12-4-3-10-15-11(22(30)27-18(10)25-17-19(27)24-8-7-23-17)5-6-13(16(12)15)21(29)26(20)14-2-1-9-31-14/h1-9H. The fraction of sp³-hybridized carbons (Fsp3) is 0. The predicted molar refractivity (Wildman–Crippen MR) is 116 cm³/mol. The number of anilines is 1. The molecule has 0 saturated heterocycles. The van der Waals surface area contributed by atoms with Gasteiger partial charge in [-0.05, 0) is 41.8 Å². The number of carbonyl (C=O) groups is 2. The number of hydrogen-bond acceptors (Lipinski definition) is 7. The molecule has 1 aliphatic rings. The van der Waals surface area contributed by atoms with E-state index in [0.29, 0.717) is 54.6 Å². The molecule has 0 N–H and O–H groups in total. The van der Waals surface area contributed by atoms with Crippen molar-refractivity contribution in [3.63, 3.8) is 0 Å². The first kappa shape index (κ1) is 16.5. The van der Waals surface area contributed by atoms with Crippen molar-refractivity contribution >= 4 is 66.6 Å². The van der Waals surface area contributed by atoms with E-state index in [1.54, 1.807) is 36.4 Å². The summed E-state index contributed by atoms with van der Waals surface area (Å²) in [5.41, 5.74) is 1.60. The van der Waals surface area contributed by atoms with Gasteiger partial charge >= 0.3 is 0 Å². The van der Waals surface area contributed by atoms with Gasteiger partial charge in [0.25, 0.3) is 17.4 Å². The highest BCUT2D eigenvalue weighted by atomic mass is 32.1. The molecule has 0 radical (unpaired) electrons. The number of benzene rings is 2. The third kappa shape index (κ3) is 1.89. The number of nitrogens with zero attached hydrogens (tertiary/aromatic N) is 5. The van der Waals surface area contributed by atoms with Crippen molar-refractivity contribution in [3.8, 4) is 0 Å². The average Bonchev–Trinajstić information content (AvgIpc) is 3.44. The Balaban J connectivity index is 1.67. The molecule has 8 nitrogen and oxygen atoms in total. The van der Waals surface area contributed by atoms with Gasteiger partial charge < -0.3 is 0 Å². The van der Waals surface area contributed by atoms with Gasteiger partial charge in [-0.3, -0.25) is 14.4 Å². The minimum atomic E-state index is -0.404. The van der Waals surface area contributed by atoms with Crippen LogP contribution < -0.4 is 10.5 Å². The summed E-state index contributed by atoms with van der Waals surface area (Å²) < 4.78 is 1.44. The van der Waals surface area contributed by atoms with Crippen molar-refractivity contribution in [2.75, 3.05) is 4.90 Å². The van der Waals surface area contributed by atoms with Crippen LogP contribution in [0.2, 0.25) is 0 Å². The second-order valence-corrected chi connectivity index (χ2v) is 8.17. The highest BCUT2D eigenvalue weighted by Gasteiger charge is 2.36. The summed E-state index contributed by atoms with van der Waals surface area (Å²) in [6.45, 7) is 0. The summed E-state index contributed by atoms with van der Waals surface area (Å²) in [7, 11) is 0. The first-order valence-corrected chi connectivity index (χ1v) is 10.3. The summed E-state index contributed by atoms with van der Waals surface area (Å²) in [6, 6.07) is 10.3. The van der Waals surface area contributed by atoms with E-state index in [1.165, 1.54) is 33.0 Å². The minimum Gasteiger partial charge on any atom is -0.268 e. The van der Waals surface area contributed by atoms with Crippen molar-refractivity contribution in [2.24, 2.45) is 0 Å². The molecular weight excluding hydrogens is 414 g/mol. The Hall–Kier alpha value is -4.24. The second-order valence-electron chi connectivity index (χ2n) is 7.25. The van der Waals surface area contributed by atoms with Gasteiger partial charge in [-0.25, -0.2) is 24.3 Å². The molecule has 5 heterocycles. The normalized spacial score (nSPS) is 14.0. The van der Waals surface area contributed by atoms with Gasteiger partial charge in [-0.15, -0.1) is 11.3 Å². The van der Waals surface area contributed by atoms with Crippen LogP contribution in [0.15, 0.2) is 59.0 Å². The Bertz CT molecular complexity index is 1780. The van der Waals surface area contributed by atoms with E-state index >= 15 is 0 Å². The zero-order chi connectivity index (χ0) is 20.9. The van der Waals surface area contributed by atoms with Crippen LogP contribution >= 0.6 is 11.3 Å². The van der Waals surface area contributed by atoms with Crippen LogP contribution in [0, 0.1) is 0 Å². The average molecular weight is 423 g/mol. The number of amides is 2. The topological polar surface area (TPSA) is 97.5 Å². The molecule has 0 unspecified atom stereocenters. The maximum absolute atomic E-state index is 13.4. The number of imide groups is 1. The van der Waals surface area contributed by atoms with Crippen molar-refractivity contribution in [3.05, 3.63) is 75.7 Å². The van der Waals surface area contributed by atoms with Crippen LogP contribution in [0.1, 0.15) is 20.7 Å². The molecule has 6 aromatic rings. The number of rotatable bonds is 1. The number of aromatic nitrogens is 4. The fourth-order valence-electron chi connectivity index (χ4n) is 4.45. The van der Waals surface area contributed by atoms with E-state index in [1.807, 2.05) is 5.38 Å². The van der Waals surface area contributed by atoms with Crippen LogP contribution in [-0.4, -0.2) is 31.2 Å². The maximum Gasteiger partial charge on any atom is 0.266 e. The Kier molecular flexibility index (Phi) is 2.92. The summed E-state index contributed by atoms with van der Waals surface area (Å²) in [4.78, 5) is 54.2. The van der Waals surface area contributed by atoms with Crippen molar-refractivity contribution in [2.45, 2.75) is 0 Å². The lowest BCUT2D eigenvalue weighted by molar-refractivity contribution is 0.0894. The van der Waals surface area contributed by atoms with Crippen LogP contribution in [0.4, 0.5) is 5.00 Å². The zero-order valence-electron chi connectivity index (χ0n) is 15.6. The highest BCUT2D eigenvalue weighted by molar-refractivity contribution is 7.14. The van der Waals surface area contributed by atoms with Crippen molar-refractivity contribution in [1.82, 2.24) is 19.4 Å². The molecule has 146 valence electrons. The third-order valence-electron chi connectivity index (χ3n) is 5.72. The van der Waals surface area contributed by atoms with E-state index in [-0.39, 0.29) is 5.56 Å². The van der Waals surface area contributed by atoms with E-state index < -0.39 is 11.8 Å². The molecule has 2 amide bonds. The third-order valence-corrected chi connectivity index (χ3v) is 6.58. The lowest BCUT2D eigenvalue weighted by atomic mass is 9.90. The van der Waals surface area contributed by atoms with Gasteiger partial charge in [-0.1, -0.05) is 0 Å².